The van der Waals surface area contributed by atoms with E-state index in [9.17, 15) is 0 Å². The van der Waals surface area contributed by atoms with Crippen LogP contribution in [0.4, 0.5) is 11.6 Å². The molecule has 0 fully saturated rings. The van der Waals surface area contributed by atoms with Gasteiger partial charge in [-0.1, -0.05) is 6.07 Å². The van der Waals surface area contributed by atoms with E-state index in [2.05, 4.69) is 32.4 Å². The minimum atomic E-state index is 0.486. The fourth-order valence-corrected chi connectivity index (χ4v) is 2.82. The molecular weight excluding hydrogens is 294 g/mol. The summed E-state index contributed by atoms with van der Waals surface area (Å²) in [6, 6.07) is 10.1. The summed E-state index contributed by atoms with van der Waals surface area (Å²) in [5.41, 5.74) is 6.16. The van der Waals surface area contributed by atoms with Crippen molar-refractivity contribution in [1.29, 1.82) is 5.26 Å². The fourth-order valence-electron chi connectivity index (χ4n) is 2.23. The first kappa shape index (κ1) is 14.2. The molecule has 2 heterocycles. The molecule has 0 aliphatic heterocycles. The molecule has 3 aromatic rings. The molecule has 0 atom stereocenters. The molecular formula is C16H13N5S. The fraction of sp³-hybridized carbons (Fsp3) is 0.125. The number of rotatable bonds is 3. The highest BCUT2D eigenvalue weighted by Gasteiger charge is 2.10. The van der Waals surface area contributed by atoms with Crippen molar-refractivity contribution in [2.75, 3.05) is 5.32 Å². The molecule has 0 aliphatic carbocycles. The van der Waals surface area contributed by atoms with Crippen molar-refractivity contribution < 1.29 is 0 Å². The molecule has 0 radical (unpaired) electrons. The van der Waals surface area contributed by atoms with Crippen LogP contribution in [0, 0.1) is 25.2 Å². The van der Waals surface area contributed by atoms with Crippen molar-refractivity contribution >= 4 is 23.0 Å². The van der Waals surface area contributed by atoms with Crippen molar-refractivity contribution in [2.24, 2.45) is 0 Å². The number of anilines is 2. The van der Waals surface area contributed by atoms with Crippen LogP contribution in [-0.2, 0) is 0 Å². The number of thiazole rings is 1. The number of nitrogens with one attached hydrogen (secondary N) is 1. The van der Waals surface area contributed by atoms with E-state index < -0.39 is 0 Å². The monoisotopic (exact) mass is 307 g/mol. The Hall–Kier alpha value is -2.78. The lowest BCUT2D eigenvalue weighted by atomic mass is 10.1. The molecule has 0 saturated carbocycles. The molecule has 6 heteroatoms. The first-order chi connectivity index (χ1) is 10.7. The standard InChI is InChI=1S/C16H13N5S/c1-10-5-11(2)7-12(6-10)20-16-18-4-3-13(21-16)15-14(8-17)22-9-19-15/h3-7,9H,1-2H3,(H,18,20,21). The molecule has 0 saturated heterocycles. The maximum Gasteiger partial charge on any atom is 0.227 e. The first-order valence-electron chi connectivity index (χ1n) is 6.68. The Balaban J connectivity index is 1.93. The molecule has 1 N–H and O–H groups in total. The molecule has 0 bridgehead atoms. The van der Waals surface area contributed by atoms with Gasteiger partial charge in [-0.25, -0.2) is 15.0 Å². The van der Waals surface area contributed by atoms with E-state index in [1.165, 1.54) is 22.5 Å². The zero-order valence-corrected chi connectivity index (χ0v) is 13.0. The van der Waals surface area contributed by atoms with Crippen LogP contribution in [0.15, 0.2) is 36.0 Å². The van der Waals surface area contributed by atoms with Gasteiger partial charge < -0.3 is 5.32 Å². The second kappa shape index (κ2) is 5.92. The molecule has 0 amide bonds. The molecule has 0 spiro atoms. The molecule has 3 rings (SSSR count). The average Bonchev–Trinajstić information content (AvgIpc) is 2.95. The van der Waals surface area contributed by atoms with Gasteiger partial charge in [0.05, 0.1) is 11.2 Å². The lowest BCUT2D eigenvalue weighted by Gasteiger charge is -2.08. The van der Waals surface area contributed by atoms with Gasteiger partial charge in [-0.3, -0.25) is 0 Å². The van der Waals surface area contributed by atoms with Gasteiger partial charge in [0, 0.05) is 11.9 Å². The van der Waals surface area contributed by atoms with Crippen molar-refractivity contribution in [2.45, 2.75) is 13.8 Å². The normalized spacial score (nSPS) is 10.2. The number of aromatic nitrogens is 3. The average molecular weight is 307 g/mol. The second-order valence-electron chi connectivity index (χ2n) is 4.91. The highest BCUT2D eigenvalue weighted by Crippen LogP contribution is 2.24. The van der Waals surface area contributed by atoms with Gasteiger partial charge in [0.2, 0.25) is 5.95 Å². The lowest BCUT2D eigenvalue weighted by molar-refractivity contribution is 1.16. The van der Waals surface area contributed by atoms with E-state index in [1.807, 2.05) is 26.0 Å². The maximum atomic E-state index is 9.10. The smallest absolute Gasteiger partial charge is 0.227 e. The van der Waals surface area contributed by atoms with Crippen molar-refractivity contribution in [3.8, 4) is 17.5 Å². The summed E-state index contributed by atoms with van der Waals surface area (Å²) in [6.45, 7) is 4.09. The van der Waals surface area contributed by atoms with E-state index >= 15 is 0 Å². The number of nitriles is 1. The molecule has 22 heavy (non-hydrogen) atoms. The Bertz CT molecular complexity index is 843. The summed E-state index contributed by atoms with van der Waals surface area (Å²) in [5.74, 6) is 0.486. The molecule has 0 aliphatic rings. The molecule has 1 aromatic carbocycles. The van der Waals surface area contributed by atoms with Crippen LogP contribution in [0.1, 0.15) is 16.0 Å². The third-order valence-corrected chi connectivity index (χ3v) is 3.78. The highest BCUT2D eigenvalue weighted by atomic mass is 32.1. The van der Waals surface area contributed by atoms with Crippen LogP contribution >= 0.6 is 11.3 Å². The third kappa shape index (κ3) is 2.95. The number of hydrogen-bond donors (Lipinski definition) is 1. The zero-order chi connectivity index (χ0) is 15.5. The minimum absolute atomic E-state index is 0.486. The minimum Gasteiger partial charge on any atom is -0.324 e. The molecule has 108 valence electrons. The Morgan fingerprint density at radius 2 is 1.91 bits per heavy atom. The summed E-state index contributed by atoms with van der Waals surface area (Å²) in [6.07, 6.45) is 1.66. The summed E-state index contributed by atoms with van der Waals surface area (Å²) in [4.78, 5) is 13.4. The molecule has 5 nitrogen and oxygen atoms in total. The van der Waals surface area contributed by atoms with Crippen molar-refractivity contribution in [3.63, 3.8) is 0 Å². The quantitative estimate of drug-likeness (QED) is 0.796. The van der Waals surface area contributed by atoms with Gasteiger partial charge >= 0.3 is 0 Å². The Kier molecular flexibility index (Phi) is 3.81. The summed E-state index contributed by atoms with van der Waals surface area (Å²) < 4.78 is 0. The third-order valence-electron chi connectivity index (χ3n) is 3.05. The van der Waals surface area contributed by atoms with E-state index in [-0.39, 0.29) is 0 Å². The predicted octanol–water partition coefficient (Wildman–Crippen LogP) is 3.83. The summed E-state index contributed by atoms with van der Waals surface area (Å²) in [7, 11) is 0. The van der Waals surface area contributed by atoms with E-state index in [4.69, 9.17) is 5.26 Å². The Labute approximate surface area is 132 Å². The molecule has 2 aromatic heterocycles. The van der Waals surface area contributed by atoms with Crippen LogP contribution in [-0.4, -0.2) is 15.0 Å². The predicted molar refractivity (Wildman–Crippen MR) is 87.1 cm³/mol. The summed E-state index contributed by atoms with van der Waals surface area (Å²) in [5, 5.41) is 12.3. The Morgan fingerprint density at radius 3 is 2.64 bits per heavy atom. The van der Waals surface area contributed by atoms with E-state index in [0.717, 1.165) is 5.69 Å². The maximum absolute atomic E-state index is 9.10. The Morgan fingerprint density at radius 1 is 1.14 bits per heavy atom. The topological polar surface area (TPSA) is 74.5 Å². The van der Waals surface area contributed by atoms with Gasteiger partial charge in [0.15, 0.2) is 0 Å². The van der Waals surface area contributed by atoms with Crippen LogP contribution in [0.5, 0.6) is 0 Å². The van der Waals surface area contributed by atoms with E-state index in [1.54, 1.807) is 17.8 Å². The summed E-state index contributed by atoms with van der Waals surface area (Å²) >= 11 is 1.31. The van der Waals surface area contributed by atoms with Crippen molar-refractivity contribution in [1.82, 2.24) is 15.0 Å². The van der Waals surface area contributed by atoms with Gasteiger partial charge in [-0.05, 0) is 43.2 Å². The largest absolute Gasteiger partial charge is 0.324 e. The highest BCUT2D eigenvalue weighted by molar-refractivity contribution is 7.10. The number of nitrogens with zero attached hydrogens (tertiary/aromatic N) is 4. The number of aryl methyl sites for hydroxylation is 2. The number of hydrogen-bond acceptors (Lipinski definition) is 6. The van der Waals surface area contributed by atoms with Crippen LogP contribution in [0.3, 0.4) is 0 Å². The van der Waals surface area contributed by atoms with E-state index in [0.29, 0.717) is 22.2 Å². The van der Waals surface area contributed by atoms with Crippen molar-refractivity contribution in [3.05, 3.63) is 52.0 Å². The van der Waals surface area contributed by atoms with Crippen LogP contribution in [0.25, 0.3) is 11.4 Å². The lowest BCUT2D eigenvalue weighted by Crippen LogP contribution is -1.99. The van der Waals surface area contributed by atoms with Gasteiger partial charge in [0.1, 0.15) is 16.6 Å². The molecule has 0 unspecified atom stereocenters. The van der Waals surface area contributed by atoms with Gasteiger partial charge in [-0.15, -0.1) is 11.3 Å². The van der Waals surface area contributed by atoms with Gasteiger partial charge in [-0.2, -0.15) is 5.26 Å². The SMILES string of the molecule is Cc1cc(C)cc(Nc2nccc(-c3ncsc3C#N)n2)c1. The van der Waals surface area contributed by atoms with Crippen LogP contribution in [0.2, 0.25) is 0 Å². The van der Waals surface area contributed by atoms with Crippen LogP contribution < -0.4 is 5.32 Å². The second-order valence-corrected chi connectivity index (χ2v) is 5.76. The zero-order valence-electron chi connectivity index (χ0n) is 12.2. The number of benzene rings is 1. The van der Waals surface area contributed by atoms with Gasteiger partial charge in [0.25, 0.3) is 0 Å². The first-order valence-corrected chi connectivity index (χ1v) is 7.56.